The van der Waals surface area contributed by atoms with Crippen molar-refractivity contribution in [3.8, 4) is 0 Å². The van der Waals surface area contributed by atoms with Crippen molar-refractivity contribution in [2.24, 2.45) is 0 Å². The first-order valence-electron chi connectivity index (χ1n) is 6.93. The maximum atomic E-state index is 12.7. The Morgan fingerprint density at radius 1 is 1.43 bits per heavy atom. The number of halogens is 1. The highest BCUT2D eigenvalue weighted by Crippen LogP contribution is 2.16. The van der Waals surface area contributed by atoms with Gasteiger partial charge in [-0.1, -0.05) is 0 Å². The minimum atomic E-state index is 0. The van der Waals surface area contributed by atoms with Crippen LogP contribution < -0.4 is 5.32 Å². The van der Waals surface area contributed by atoms with Gasteiger partial charge in [-0.05, 0) is 26.8 Å². The number of carbonyl (C=O) groups excluding carboxylic acids is 1. The molecule has 6 nitrogen and oxygen atoms in total. The van der Waals surface area contributed by atoms with E-state index in [9.17, 15) is 4.79 Å². The van der Waals surface area contributed by atoms with Gasteiger partial charge in [-0.25, -0.2) is 9.50 Å². The van der Waals surface area contributed by atoms with Crippen LogP contribution >= 0.6 is 12.4 Å². The second-order valence-electron chi connectivity index (χ2n) is 5.38. The molecule has 0 aromatic carbocycles. The maximum Gasteiger partial charge on any atom is 0.259 e. The summed E-state index contributed by atoms with van der Waals surface area (Å²) < 4.78 is 1.65. The number of nitrogens with zero attached hydrogens (tertiary/aromatic N) is 4. The molecule has 2 unspecified atom stereocenters. The molecular formula is C14H20ClN5O. The van der Waals surface area contributed by atoms with Crippen molar-refractivity contribution in [2.45, 2.75) is 32.9 Å². The zero-order valence-electron chi connectivity index (χ0n) is 12.4. The minimum Gasteiger partial charge on any atom is -0.333 e. The molecule has 1 amide bonds. The molecule has 114 valence electrons. The van der Waals surface area contributed by atoms with E-state index in [-0.39, 0.29) is 24.4 Å². The van der Waals surface area contributed by atoms with Crippen LogP contribution in [0.1, 0.15) is 29.9 Å². The number of hydrogen-bond acceptors (Lipinski definition) is 4. The quantitative estimate of drug-likeness (QED) is 0.862. The van der Waals surface area contributed by atoms with Crippen molar-refractivity contribution in [3.05, 3.63) is 29.7 Å². The van der Waals surface area contributed by atoms with Crippen molar-refractivity contribution >= 4 is 24.0 Å². The summed E-state index contributed by atoms with van der Waals surface area (Å²) in [6.07, 6.45) is 3.45. The molecule has 1 fully saturated rings. The lowest BCUT2D eigenvalue weighted by Gasteiger charge is -2.38. The maximum absolute atomic E-state index is 12.7. The van der Waals surface area contributed by atoms with Crippen molar-refractivity contribution in [2.75, 3.05) is 13.1 Å². The minimum absolute atomic E-state index is 0. The Hall–Kier alpha value is -1.66. The zero-order valence-corrected chi connectivity index (χ0v) is 13.2. The molecule has 1 N–H and O–H groups in total. The van der Waals surface area contributed by atoms with Gasteiger partial charge in [0, 0.05) is 37.1 Å². The fourth-order valence-electron chi connectivity index (χ4n) is 2.61. The number of rotatable bonds is 1. The summed E-state index contributed by atoms with van der Waals surface area (Å²) in [7, 11) is 0. The number of hydrogen-bond donors (Lipinski definition) is 1. The fraction of sp³-hybridized carbons (Fsp3) is 0.500. The van der Waals surface area contributed by atoms with Crippen LogP contribution in [0.3, 0.4) is 0 Å². The normalized spacial score (nSPS) is 22.1. The van der Waals surface area contributed by atoms with Crippen LogP contribution in [0, 0.1) is 6.92 Å². The van der Waals surface area contributed by atoms with Crippen LogP contribution in [-0.2, 0) is 0 Å². The lowest BCUT2D eigenvalue weighted by Crippen LogP contribution is -2.57. The topological polar surface area (TPSA) is 62.5 Å². The van der Waals surface area contributed by atoms with E-state index in [1.807, 2.05) is 24.1 Å². The van der Waals surface area contributed by atoms with E-state index in [1.54, 1.807) is 10.7 Å². The molecule has 0 saturated carbocycles. The van der Waals surface area contributed by atoms with Crippen LogP contribution in [0.4, 0.5) is 0 Å². The lowest BCUT2D eigenvalue weighted by atomic mass is 10.1. The van der Waals surface area contributed by atoms with E-state index >= 15 is 0 Å². The van der Waals surface area contributed by atoms with Crippen LogP contribution in [0.5, 0.6) is 0 Å². The van der Waals surface area contributed by atoms with E-state index in [0.29, 0.717) is 23.8 Å². The highest BCUT2D eigenvalue weighted by molar-refractivity contribution is 5.99. The Balaban J connectivity index is 0.00000161. The molecule has 0 radical (unpaired) electrons. The first-order valence-corrected chi connectivity index (χ1v) is 6.93. The number of carbonyl (C=O) groups is 1. The van der Waals surface area contributed by atoms with Gasteiger partial charge in [0.05, 0.1) is 6.20 Å². The van der Waals surface area contributed by atoms with Crippen molar-refractivity contribution in [1.82, 2.24) is 24.8 Å². The Bertz CT molecular complexity index is 656. The van der Waals surface area contributed by atoms with E-state index < -0.39 is 0 Å². The van der Waals surface area contributed by atoms with Gasteiger partial charge in [-0.15, -0.1) is 12.4 Å². The van der Waals surface area contributed by atoms with Crippen LogP contribution in [-0.4, -0.2) is 50.6 Å². The SMILES string of the molecule is Cc1ccn2ncc(C(=O)N3CCNC(C)C3C)c2n1.Cl. The Morgan fingerprint density at radius 3 is 2.95 bits per heavy atom. The van der Waals surface area contributed by atoms with Crippen LogP contribution in [0.2, 0.25) is 0 Å². The van der Waals surface area contributed by atoms with Gasteiger partial charge in [-0.2, -0.15) is 5.10 Å². The molecule has 2 aromatic rings. The second-order valence-corrected chi connectivity index (χ2v) is 5.38. The van der Waals surface area contributed by atoms with E-state index in [4.69, 9.17) is 0 Å². The molecule has 0 bridgehead atoms. The van der Waals surface area contributed by atoms with Gasteiger partial charge >= 0.3 is 0 Å². The molecule has 7 heteroatoms. The van der Waals surface area contributed by atoms with Gasteiger partial charge in [-0.3, -0.25) is 4.79 Å². The smallest absolute Gasteiger partial charge is 0.259 e. The van der Waals surface area contributed by atoms with Gasteiger partial charge in [0.1, 0.15) is 5.56 Å². The monoisotopic (exact) mass is 309 g/mol. The number of aryl methyl sites for hydroxylation is 1. The van der Waals surface area contributed by atoms with Gasteiger partial charge < -0.3 is 10.2 Å². The summed E-state index contributed by atoms with van der Waals surface area (Å²) in [5.74, 6) is 0.0129. The molecule has 0 spiro atoms. The van der Waals surface area contributed by atoms with Crippen LogP contribution in [0.15, 0.2) is 18.5 Å². The number of nitrogens with one attached hydrogen (secondary N) is 1. The van der Waals surface area contributed by atoms with Gasteiger partial charge in [0.25, 0.3) is 5.91 Å². The molecule has 1 aliphatic heterocycles. The van der Waals surface area contributed by atoms with Gasteiger partial charge in [0.2, 0.25) is 0 Å². The summed E-state index contributed by atoms with van der Waals surface area (Å²) in [6.45, 7) is 7.62. The standard InChI is InChI=1S/C14H19N5O.ClH/c1-9-4-6-19-13(17-9)12(8-16-19)14(20)18-7-5-15-10(2)11(18)3;/h4,6,8,10-11,15H,5,7H2,1-3H3;1H. The highest BCUT2D eigenvalue weighted by atomic mass is 35.5. The molecule has 3 heterocycles. The van der Waals surface area contributed by atoms with Crippen molar-refractivity contribution in [1.29, 1.82) is 0 Å². The molecule has 0 aliphatic carbocycles. The van der Waals surface area contributed by atoms with E-state index in [0.717, 1.165) is 12.2 Å². The Kier molecular flexibility index (Phi) is 4.49. The average Bonchev–Trinajstić information content (AvgIpc) is 2.84. The summed E-state index contributed by atoms with van der Waals surface area (Å²) in [5.41, 5.74) is 2.09. The lowest BCUT2D eigenvalue weighted by molar-refractivity contribution is 0.0604. The van der Waals surface area contributed by atoms with Crippen molar-refractivity contribution < 1.29 is 4.79 Å². The highest BCUT2D eigenvalue weighted by Gasteiger charge is 2.30. The number of fused-ring (bicyclic) bond motifs is 1. The third kappa shape index (κ3) is 2.73. The third-order valence-electron chi connectivity index (χ3n) is 4.03. The van der Waals surface area contributed by atoms with Crippen LogP contribution in [0.25, 0.3) is 5.65 Å². The molecule has 3 rings (SSSR count). The molecule has 2 aromatic heterocycles. The first-order chi connectivity index (χ1) is 9.58. The summed E-state index contributed by atoms with van der Waals surface area (Å²) >= 11 is 0. The predicted octanol–water partition coefficient (Wildman–Crippen LogP) is 1.28. The summed E-state index contributed by atoms with van der Waals surface area (Å²) in [5, 5.41) is 7.59. The third-order valence-corrected chi connectivity index (χ3v) is 4.03. The summed E-state index contributed by atoms with van der Waals surface area (Å²) in [6, 6.07) is 2.34. The van der Waals surface area contributed by atoms with E-state index in [2.05, 4.69) is 29.2 Å². The Labute approximate surface area is 129 Å². The molecule has 1 saturated heterocycles. The molecular weight excluding hydrogens is 290 g/mol. The second kappa shape index (κ2) is 5.99. The first kappa shape index (κ1) is 15.7. The van der Waals surface area contributed by atoms with Gasteiger partial charge in [0.15, 0.2) is 5.65 Å². The number of piperazine rings is 1. The number of amides is 1. The largest absolute Gasteiger partial charge is 0.333 e. The molecule has 2 atom stereocenters. The molecule has 1 aliphatic rings. The average molecular weight is 310 g/mol. The summed E-state index contributed by atoms with van der Waals surface area (Å²) in [4.78, 5) is 19.1. The Morgan fingerprint density at radius 2 is 2.19 bits per heavy atom. The molecule has 21 heavy (non-hydrogen) atoms. The fourth-order valence-corrected chi connectivity index (χ4v) is 2.61. The zero-order chi connectivity index (χ0) is 14.3. The van der Waals surface area contributed by atoms with E-state index in [1.165, 1.54) is 0 Å². The van der Waals surface area contributed by atoms with Crippen molar-refractivity contribution in [3.63, 3.8) is 0 Å². The predicted molar refractivity (Wildman–Crippen MR) is 82.9 cm³/mol. The number of aromatic nitrogens is 3.